The normalized spacial score (nSPS) is 32.9. The number of piperidine rings is 2. The Morgan fingerprint density at radius 1 is 1.20 bits per heavy atom. The van der Waals surface area contributed by atoms with Crippen molar-refractivity contribution in [2.45, 2.75) is 51.9 Å². The van der Waals surface area contributed by atoms with E-state index >= 15 is 0 Å². The smallest absolute Gasteiger partial charge is 0.225 e. The third-order valence-corrected chi connectivity index (χ3v) is 7.13. The SMILES string of the molecule is C[C@@H]1C[C@H]1C(=O)N1CCC2(CCC(=O)N(CC3CCOCC3)C2)CC1. The standard InChI is InChI=1S/C20H32N2O3/c1-15-12-17(15)19(24)21-8-6-20(7-9-21)5-2-18(23)22(14-20)13-16-3-10-25-11-4-16/h15-17H,2-14H2,1H3/t15-,17-/m1/s1. The molecule has 3 heterocycles. The van der Waals surface area contributed by atoms with Crippen molar-refractivity contribution >= 4 is 11.8 Å². The third-order valence-electron chi connectivity index (χ3n) is 7.13. The van der Waals surface area contributed by atoms with Crippen LogP contribution < -0.4 is 0 Å². The van der Waals surface area contributed by atoms with Crippen molar-refractivity contribution in [2.75, 3.05) is 39.4 Å². The van der Waals surface area contributed by atoms with Crippen molar-refractivity contribution in [3.8, 4) is 0 Å². The monoisotopic (exact) mass is 348 g/mol. The predicted molar refractivity (Wildman–Crippen MR) is 94.9 cm³/mol. The fourth-order valence-electron chi connectivity index (χ4n) is 5.02. The summed E-state index contributed by atoms with van der Waals surface area (Å²) < 4.78 is 5.45. The number of hydrogen-bond acceptors (Lipinski definition) is 3. The molecular formula is C20H32N2O3. The van der Waals surface area contributed by atoms with E-state index in [0.29, 0.717) is 36.0 Å². The largest absolute Gasteiger partial charge is 0.381 e. The molecule has 1 spiro atoms. The lowest BCUT2D eigenvalue weighted by Gasteiger charge is -2.48. The Bertz CT molecular complexity index is 521. The van der Waals surface area contributed by atoms with E-state index in [9.17, 15) is 9.59 Å². The van der Waals surface area contributed by atoms with E-state index in [4.69, 9.17) is 4.74 Å². The van der Waals surface area contributed by atoms with Gasteiger partial charge in [-0.15, -0.1) is 0 Å². The highest BCUT2D eigenvalue weighted by molar-refractivity contribution is 5.81. The van der Waals surface area contributed by atoms with Gasteiger partial charge in [-0.1, -0.05) is 6.92 Å². The molecule has 140 valence electrons. The van der Waals surface area contributed by atoms with E-state index in [1.165, 1.54) is 0 Å². The molecule has 0 aromatic rings. The molecule has 1 aliphatic carbocycles. The van der Waals surface area contributed by atoms with Crippen molar-refractivity contribution in [3.63, 3.8) is 0 Å². The summed E-state index contributed by atoms with van der Waals surface area (Å²) in [6, 6.07) is 0. The molecule has 3 saturated heterocycles. The summed E-state index contributed by atoms with van der Waals surface area (Å²) in [7, 11) is 0. The summed E-state index contributed by atoms with van der Waals surface area (Å²) in [6.45, 7) is 7.46. The average Bonchev–Trinajstić information content (AvgIpc) is 3.36. The Morgan fingerprint density at radius 3 is 2.52 bits per heavy atom. The minimum Gasteiger partial charge on any atom is -0.381 e. The third kappa shape index (κ3) is 3.71. The highest BCUT2D eigenvalue weighted by Crippen LogP contribution is 2.43. The zero-order valence-corrected chi connectivity index (χ0v) is 15.5. The lowest BCUT2D eigenvalue weighted by Crippen LogP contribution is -2.53. The summed E-state index contributed by atoms with van der Waals surface area (Å²) in [5.74, 6) is 2.21. The minimum absolute atomic E-state index is 0.255. The predicted octanol–water partition coefficient (Wildman–Crippen LogP) is 2.30. The van der Waals surface area contributed by atoms with E-state index in [1.54, 1.807) is 0 Å². The minimum atomic E-state index is 0.255. The summed E-state index contributed by atoms with van der Waals surface area (Å²) >= 11 is 0. The van der Waals surface area contributed by atoms with Gasteiger partial charge in [0, 0.05) is 51.7 Å². The van der Waals surface area contributed by atoms with E-state index in [1.807, 2.05) is 0 Å². The van der Waals surface area contributed by atoms with Crippen molar-refractivity contribution in [1.82, 2.24) is 9.80 Å². The number of rotatable bonds is 3. The quantitative estimate of drug-likeness (QED) is 0.786. The highest BCUT2D eigenvalue weighted by atomic mass is 16.5. The van der Waals surface area contributed by atoms with Gasteiger partial charge in [0.15, 0.2) is 0 Å². The van der Waals surface area contributed by atoms with Crippen LogP contribution in [-0.2, 0) is 14.3 Å². The molecule has 0 unspecified atom stereocenters. The highest BCUT2D eigenvalue weighted by Gasteiger charge is 2.46. The van der Waals surface area contributed by atoms with Crippen LogP contribution in [0.4, 0.5) is 0 Å². The Hall–Kier alpha value is -1.10. The van der Waals surface area contributed by atoms with Crippen molar-refractivity contribution in [2.24, 2.45) is 23.2 Å². The van der Waals surface area contributed by atoms with Crippen molar-refractivity contribution in [1.29, 1.82) is 0 Å². The van der Waals surface area contributed by atoms with Crippen molar-refractivity contribution in [3.05, 3.63) is 0 Å². The molecule has 25 heavy (non-hydrogen) atoms. The summed E-state index contributed by atoms with van der Waals surface area (Å²) in [6.07, 6.45) is 7.08. The van der Waals surface area contributed by atoms with Gasteiger partial charge in [-0.2, -0.15) is 0 Å². The number of hydrogen-bond donors (Lipinski definition) is 0. The van der Waals surface area contributed by atoms with Crippen LogP contribution >= 0.6 is 0 Å². The van der Waals surface area contributed by atoms with Crippen LogP contribution in [0.1, 0.15) is 51.9 Å². The van der Waals surface area contributed by atoms with E-state index in [0.717, 1.165) is 77.9 Å². The first-order chi connectivity index (χ1) is 12.1. The van der Waals surface area contributed by atoms with Crippen LogP contribution in [0.2, 0.25) is 0 Å². The molecule has 4 aliphatic rings. The summed E-state index contributed by atoms with van der Waals surface area (Å²) in [4.78, 5) is 29.1. The zero-order chi connectivity index (χ0) is 17.4. The van der Waals surface area contributed by atoms with Crippen LogP contribution in [0.25, 0.3) is 0 Å². The van der Waals surface area contributed by atoms with Crippen LogP contribution in [0, 0.1) is 23.2 Å². The number of ether oxygens (including phenoxy) is 1. The number of carbonyl (C=O) groups excluding carboxylic acids is 2. The Morgan fingerprint density at radius 2 is 1.88 bits per heavy atom. The second kappa shape index (κ2) is 6.90. The summed E-state index contributed by atoms with van der Waals surface area (Å²) in [5, 5.41) is 0. The fraction of sp³-hybridized carbons (Fsp3) is 0.900. The first-order valence-electron chi connectivity index (χ1n) is 10.2. The Kier molecular flexibility index (Phi) is 4.78. The van der Waals surface area contributed by atoms with Gasteiger partial charge in [0.05, 0.1) is 0 Å². The lowest BCUT2D eigenvalue weighted by molar-refractivity contribution is -0.144. The molecule has 5 heteroatoms. The number of likely N-dealkylation sites (tertiary alicyclic amines) is 2. The van der Waals surface area contributed by atoms with Gasteiger partial charge in [0.2, 0.25) is 11.8 Å². The van der Waals surface area contributed by atoms with Gasteiger partial charge in [0.25, 0.3) is 0 Å². The second-order valence-electron chi connectivity index (χ2n) is 8.97. The van der Waals surface area contributed by atoms with Gasteiger partial charge in [-0.25, -0.2) is 0 Å². The van der Waals surface area contributed by atoms with Crippen LogP contribution in [0.15, 0.2) is 0 Å². The van der Waals surface area contributed by atoms with Gasteiger partial charge < -0.3 is 14.5 Å². The summed E-state index contributed by atoms with van der Waals surface area (Å²) in [5.41, 5.74) is 0.255. The zero-order valence-electron chi connectivity index (χ0n) is 15.5. The maximum Gasteiger partial charge on any atom is 0.225 e. The maximum atomic E-state index is 12.5. The second-order valence-corrected chi connectivity index (χ2v) is 8.97. The first kappa shape index (κ1) is 17.3. The molecule has 2 amide bonds. The molecule has 1 saturated carbocycles. The fourth-order valence-corrected chi connectivity index (χ4v) is 5.02. The molecule has 0 N–H and O–H groups in total. The maximum absolute atomic E-state index is 12.5. The molecule has 2 atom stereocenters. The van der Waals surface area contributed by atoms with Crippen LogP contribution in [0.5, 0.6) is 0 Å². The number of carbonyl (C=O) groups is 2. The van der Waals surface area contributed by atoms with E-state index < -0.39 is 0 Å². The first-order valence-corrected chi connectivity index (χ1v) is 10.2. The van der Waals surface area contributed by atoms with Gasteiger partial charge in [0.1, 0.15) is 0 Å². The average molecular weight is 348 g/mol. The van der Waals surface area contributed by atoms with Gasteiger partial charge >= 0.3 is 0 Å². The molecular weight excluding hydrogens is 316 g/mol. The molecule has 4 rings (SSSR count). The van der Waals surface area contributed by atoms with Gasteiger partial charge in [-0.05, 0) is 55.8 Å². The van der Waals surface area contributed by atoms with Crippen LogP contribution in [0.3, 0.4) is 0 Å². The molecule has 0 bridgehead atoms. The van der Waals surface area contributed by atoms with Gasteiger partial charge in [-0.3, -0.25) is 9.59 Å². The van der Waals surface area contributed by atoms with E-state index in [2.05, 4.69) is 16.7 Å². The Balaban J connectivity index is 1.32. The topological polar surface area (TPSA) is 49.9 Å². The Labute approximate surface area is 151 Å². The lowest BCUT2D eigenvalue weighted by atomic mass is 9.72. The molecule has 4 fully saturated rings. The molecule has 5 nitrogen and oxygen atoms in total. The number of amides is 2. The molecule has 0 aromatic carbocycles. The molecule has 0 radical (unpaired) electrons. The van der Waals surface area contributed by atoms with E-state index in [-0.39, 0.29) is 5.41 Å². The molecule has 3 aliphatic heterocycles. The van der Waals surface area contributed by atoms with Crippen LogP contribution in [-0.4, -0.2) is 61.0 Å². The van der Waals surface area contributed by atoms with Crippen molar-refractivity contribution < 1.29 is 14.3 Å². The number of nitrogens with zero attached hydrogens (tertiary/aromatic N) is 2. The molecule has 0 aromatic heterocycles.